The van der Waals surface area contributed by atoms with Gasteiger partial charge in [0.1, 0.15) is 0 Å². The number of carbonyl (C=O) groups is 1. The number of carbonyl (C=O) groups excluding carboxylic acids is 1. The summed E-state index contributed by atoms with van der Waals surface area (Å²) in [4.78, 5) is 18.4. The van der Waals surface area contributed by atoms with Crippen LogP contribution in [-0.2, 0) is 17.8 Å². The van der Waals surface area contributed by atoms with Crippen molar-refractivity contribution in [2.45, 2.75) is 32.2 Å². The summed E-state index contributed by atoms with van der Waals surface area (Å²) in [6.45, 7) is 2.87. The molecule has 0 atom stereocenters. The predicted octanol–water partition coefficient (Wildman–Crippen LogP) is 2.93. The summed E-state index contributed by atoms with van der Waals surface area (Å²) in [5.41, 5.74) is 3.53. The van der Waals surface area contributed by atoms with Crippen LogP contribution in [0.3, 0.4) is 0 Å². The van der Waals surface area contributed by atoms with Crippen molar-refractivity contribution in [1.82, 2.24) is 10.3 Å². The minimum atomic E-state index is 0.0810. The van der Waals surface area contributed by atoms with Crippen LogP contribution in [0.15, 0.2) is 48.8 Å². The number of benzene rings is 1. The van der Waals surface area contributed by atoms with E-state index >= 15 is 0 Å². The number of pyridine rings is 1. The van der Waals surface area contributed by atoms with E-state index in [1.807, 2.05) is 12.1 Å². The van der Waals surface area contributed by atoms with Gasteiger partial charge >= 0.3 is 0 Å². The lowest BCUT2D eigenvalue weighted by atomic mass is 10.1. The molecule has 23 heavy (non-hydrogen) atoms. The Kier molecular flexibility index (Phi) is 5.25. The summed E-state index contributed by atoms with van der Waals surface area (Å²) >= 11 is 0. The second-order valence-corrected chi connectivity index (χ2v) is 6.00. The molecule has 1 fully saturated rings. The molecule has 1 aliphatic rings. The zero-order valence-electron chi connectivity index (χ0n) is 13.4. The maximum Gasteiger partial charge on any atom is 0.220 e. The molecule has 1 saturated heterocycles. The van der Waals surface area contributed by atoms with Crippen LogP contribution in [-0.4, -0.2) is 24.0 Å². The molecule has 2 aromatic rings. The van der Waals surface area contributed by atoms with E-state index in [1.165, 1.54) is 24.1 Å². The summed E-state index contributed by atoms with van der Waals surface area (Å²) < 4.78 is 0. The number of rotatable bonds is 6. The fourth-order valence-electron chi connectivity index (χ4n) is 2.90. The molecule has 0 unspecified atom stereocenters. The van der Waals surface area contributed by atoms with Crippen molar-refractivity contribution in [3.05, 3.63) is 59.9 Å². The fourth-order valence-corrected chi connectivity index (χ4v) is 2.90. The van der Waals surface area contributed by atoms with Crippen molar-refractivity contribution in [3.63, 3.8) is 0 Å². The predicted molar refractivity (Wildman–Crippen MR) is 92.3 cm³/mol. The first kappa shape index (κ1) is 15.5. The molecule has 0 spiro atoms. The van der Waals surface area contributed by atoms with Gasteiger partial charge in [0.2, 0.25) is 5.91 Å². The molecule has 4 heteroatoms. The van der Waals surface area contributed by atoms with Crippen LogP contribution in [0.25, 0.3) is 0 Å². The summed E-state index contributed by atoms with van der Waals surface area (Å²) in [5.74, 6) is 0.0810. The van der Waals surface area contributed by atoms with Gasteiger partial charge < -0.3 is 10.2 Å². The molecule has 0 aliphatic carbocycles. The number of aryl methyl sites for hydroxylation is 1. The lowest BCUT2D eigenvalue weighted by Gasteiger charge is -2.17. The van der Waals surface area contributed by atoms with Crippen molar-refractivity contribution in [1.29, 1.82) is 0 Å². The molecule has 0 bridgehead atoms. The van der Waals surface area contributed by atoms with E-state index in [-0.39, 0.29) is 5.91 Å². The quantitative estimate of drug-likeness (QED) is 0.892. The zero-order chi connectivity index (χ0) is 15.9. The summed E-state index contributed by atoms with van der Waals surface area (Å²) in [6, 6.07) is 12.5. The molecule has 1 aromatic carbocycles. The van der Waals surface area contributed by atoms with Gasteiger partial charge in [-0.2, -0.15) is 0 Å². The lowest BCUT2D eigenvalue weighted by molar-refractivity contribution is -0.121. The summed E-state index contributed by atoms with van der Waals surface area (Å²) in [5, 5.41) is 2.94. The first-order chi connectivity index (χ1) is 11.3. The molecule has 1 amide bonds. The normalized spacial score (nSPS) is 14.0. The zero-order valence-corrected chi connectivity index (χ0v) is 13.4. The number of hydrogen-bond acceptors (Lipinski definition) is 3. The highest BCUT2D eigenvalue weighted by molar-refractivity contribution is 5.76. The molecular weight excluding hydrogens is 286 g/mol. The molecule has 0 radical (unpaired) electrons. The van der Waals surface area contributed by atoms with Gasteiger partial charge in [-0.1, -0.05) is 18.2 Å². The molecule has 4 nitrogen and oxygen atoms in total. The summed E-state index contributed by atoms with van der Waals surface area (Å²) in [6.07, 6.45) is 7.38. The molecule has 3 rings (SSSR count). The van der Waals surface area contributed by atoms with Crippen molar-refractivity contribution in [3.8, 4) is 0 Å². The third-order valence-electron chi connectivity index (χ3n) is 4.26. The minimum absolute atomic E-state index is 0.0810. The third-order valence-corrected chi connectivity index (χ3v) is 4.26. The molecule has 1 N–H and O–H groups in total. The second-order valence-electron chi connectivity index (χ2n) is 6.00. The van der Waals surface area contributed by atoms with E-state index in [0.717, 1.165) is 25.1 Å². The van der Waals surface area contributed by atoms with E-state index in [2.05, 4.69) is 39.5 Å². The molecular formula is C19H23N3O. The Balaban J connectivity index is 1.43. The average Bonchev–Trinajstić information content (AvgIpc) is 3.14. The van der Waals surface area contributed by atoms with Gasteiger partial charge in [-0.3, -0.25) is 9.78 Å². The Morgan fingerprint density at radius 2 is 1.87 bits per heavy atom. The first-order valence-corrected chi connectivity index (χ1v) is 8.31. The van der Waals surface area contributed by atoms with Gasteiger partial charge in [0, 0.05) is 44.1 Å². The lowest BCUT2D eigenvalue weighted by Crippen LogP contribution is -2.23. The summed E-state index contributed by atoms with van der Waals surface area (Å²) in [7, 11) is 0. The Labute approximate surface area is 137 Å². The monoisotopic (exact) mass is 309 g/mol. The number of nitrogens with zero attached hydrogens (tertiary/aromatic N) is 2. The molecule has 120 valence electrons. The average molecular weight is 309 g/mol. The van der Waals surface area contributed by atoms with Crippen LogP contribution in [0.5, 0.6) is 0 Å². The van der Waals surface area contributed by atoms with Gasteiger partial charge in [-0.05, 0) is 48.6 Å². The Morgan fingerprint density at radius 1 is 1.09 bits per heavy atom. The van der Waals surface area contributed by atoms with Crippen LogP contribution in [0.1, 0.15) is 30.4 Å². The highest BCUT2D eigenvalue weighted by atomic mass is 16.1. The molecule has 1 aliphatic heterocycles. The van der Waals surface area contributed by atoms with Gasteiger partial charge in [0.15, 0.2) is 0 Å². The number of anilines is 1. The second kappa shape index (κ2) is 7.77. The van der Waals surface area contributed by atoms with Crippen LogP contribution >= 0.6 is 0 Å². The van der Waals surface area contributed by atoms with Crippen molar-refractivity contribution >= 4 is 11.6 Å². The van der Waals surface area contributed by atoms with E-state index in [9.17, 15) is 4.79 Å². The van der Waals surface area contributed by atoms with E-state index in [1.54, 1.807) is 12.4 Å². The van der Waals surface area contributed by atoms with Crippen molar-refractivity contribution in [2.75, 3.05) is 18.0 Å². The van der Waals surface area contributed by atoms with Gasteiger partial charge in [0.05, 0.1) is 0 Å². The molecule has 2 heterocycles. The minimum Gasteiger partial charge on any atom is -0.372 e. The standard InChI is InChI=1S/C19H23N3O/c23-19(21-15-17-4-3-11-20-14-17)10-7-16-5-8-18(9-6-16)22-12-1-2-13-22/h3-6,8-9,11,14H,1-2,7,10,12-13,15H2,(H,21,23). The number of aromatic nitrogens is 1. The topological polar surface area (TPSA) is 45.2 Å². The first-order valence-electron chi connectivity index (χ1n) is 8.31. The van der Waals surface area contributed by atoms with Crippen LogP contribution in [0.4, 0.5) is 5.69 Å². The van der Waals surface area contributed by atoms with Crippen LogP contribution in [0, 0.1) is 0 Å². The van der Waals surface area contributed by atoms with Crippen LogP contribution in [0.2, 0.25) is 0 Å². The number of amides is 1. The third kappa shape index (κ3) is 4.55. The number of nitrogens with one attached hydrogen (secondary N) is 1. The Bertz CT molecular complexity index is 619. The Morgan fingerprint density at radius 3 is 2.57 bits per heavy atom. The van der Waals surface area contributed by atoms with E-state index in [4.69, 9.17) is 0 Å². The van der Waals surface area contributed by atoms with Gasteiger partial charge in [0.25, 0.3) is 0 Å². The fraction of sp³-hybridized carbons (Fsp3) is 0.368. The molecule has 0 saturated carbocycles. The SMILES string of the molecule is O=C(CCc1ccc(N2CCCC2)cc1)NCc1cccnc1. The molecule has 1 aromatic heterocycles. The highest BCUT2D eigenvalue weighted by Crippen LogP contribution is 2.20. The maximum atomic E-state index is 11.9. The van der Waals surface area contributed by atoms with Gasteiger partial charge in [-0.25, -0.2) is 0 Å². The van der Waals surface area contributed by atoms with Crippen molar-refractivity contribution < 1.29 is 4.79 Å². The van der Waals surface area contributed by atoms with E-state index < -0.39 is 0 Å². The maximum absolute atomic E-state index is 11.9. The smallest absolute Gasteiger partial charge is 0.220 e. The Hall–Kier alpha value is -2.36. The van der Waals surface area contributed by atoms with Crippen molar-refractivity contribution in [2.24, 2.45) is 0 Å². The highest BCUT2D eigenvalue weighted by Gasteiger charge is 2.11. The van der Waals surface area contributed by atoms with E-state index in [0.29, 0.717) is 13.0 Å². The number of hydrogen-bond donors (Lipinski definition) is 1. The van der Waals surface area contributed by atoms with Crippen LogP contribution < -0.4 is 10.2 Å². The largest absolute Gasteiger partial charge is 0.372 e. The van der Waals surface area contributed by atoms with Gasteiger partial charge in [-0.15, -0.1) is 0 Å².